The van der Waals surface area contributed by atoms with E-state index in [1.165, 1.54) is 18.7 Å². The second-order valence-electron chi connectivity index (χ2n) is 4.75. The number of rotatable bonds is 5. The molecule has 0 saturated heterocycles. The van der Waals surface area contributed by atoms with Crippen molar-refractivity contribution < 1.29 is 9.53 Å². The van der Waals surface area contributed by atoms with Gasteiger partial charge in [0.15, 0.2) is 5.82 Å². The molecule has 0 spiro atoms. The summed E-state index contributed by atoms with van der Waals surface area (Å²) in [5, 5.41) is 14.0. The first-order chi connectivity index (χ1) is 11.3. The van der Waals surface area contributed by atoms with Crippen molar-refractivity contribution >= 4 is 23.4 Å². The molecule has 3 rings (SSSR count). The van der Waals surface area contributed by atoms with E-state index >= 15 is 0 Å². The number of hydrogen-bond acceptors (Lipinski definition) is 6. The number of benzene rings is 1. The van der Waals surface area contributed by atoms with Crippen LogP contribution in [-0.2, 0) is 16.0 Å². The molecule has 0 radical (unpaired) electrons. The van der Waals surface area contributed by atoms with Gasteiger partial charge < -0.3 is 4.74 Å². The largest absolute Gasteiger partial charge is 0.466 e. The van der Waals surface area contributed by atoms with Crippen LogP contribution in [0, 0.1) is 0 Å². The maximum Gasteiger partial charge on any atom is 0.330 e. The minimum absolute atomic E-state index is 0.383. The summed E-state index contributed by atoms with van der Waals surface area (Å²) in [6, 6.07) is 12.1. The molecular formula is C16H14N4O2S. The molecule has 0 aliphatic rings. The molecule has 3 aromatic rings. The molecule has 0 bridgehead atoms. The summed E-state index contributed by atoms with van der Waals surface area (Å²) in [6.45, 7) is 0. The molecule has 1 N–H and O–H groups in total. The molecule has 6 nitrogen and oxygen atoms in total. The Morgan fingerprint density at radius 1 is 1.35 bits per heavy atom. The van der Waals surface area contributed by atoms with Crippen molar-refractivity contribution in [2.24, 2.45) is 0 Å². The summed E-state index contributed by atoms with van der Waals surface area (Å²) < 4.78 is 4.62. The molecule has 0 amide bonds. The topological polar surface area (TPSA) is 80.8 Å². The number of esters is 1. The van der Waals surface area contributed by atoms with Crippen LogP contribution >= 0.6 is 11.3 Å². The van der Waals surface area contributed by atoms with E-state index in [9.17, 15) is 4.79 Å². The zero-order chi connectivity index (χ0) is 16.1. The van der Waals surface area contributed by atoms with Crippen LogP contribution in [0.1, 0.15) is 15.3 Å². The normalized spacial score (nSPS) is 11.0. The van der Waals surface area contributed by atoms with Gasteiger partial charge in [-0.2, -0.15) is 0 Å². The zero-order valence-electron chi connectivity index (χ0n) is 12.4. The second-order valence-corrected chi connectivity index (χ2v) is 5.92. The number of aromatic amines is 1. The number of H-pyrrole nitrogens is 1. The zero-order valence-corrected chi connectivity index (χ0v) is 13.2. The summed E-state index contributed by atoms with van der Waals surface area (Å²) in [5.74, 6) is 0.232. The number of ether oxygens (including phenoxy) is 1. The van der Waals surface area contributed by atoms with E-state index in [0.29, 0.717) is 5.82 Å². The molecule has 0 aliphatic heterocycles. The maximum atomic E-state index is 11.3. The van der Waals surface area contributed by atoms with Gasteiger partial charge in [0.05, 0.1) is 7.11 Å². The molecular weight excluding hydrogens is 312 g/mol. The van der Waals surface area contributed by atoms with Gasteiger partial charge in [-0.05, 0) is 28.1 Å². The third-order valence-corrected chi connectivity index (χ3v) is 4.32. The average Bonchev–Trinajstić information content (AvgIpc) is 3.23. The van der Waals surface area contributed by atoms with E-state index in [0.717, 1.165) is 21.7 Å². The predicted octanol–water partition coefficient (Wildman–Crippen LogP) is 2.71. The lowest BCUT2D eigenvalue weighted by Crippen LogP contribution is -1.92. The van der Waals surface area contributed by atoms with Crippen LogP contribution in [0.25, 0.3) is 17.5 Å². The van der Waals surface area contributed by atoms with Crippen molar-refractivity contribution in [1.29, 1.82) is 0 Å². The fourth-order valence-corrected chi connectivity index (χ4v) is 3.24. The number of nitrogens with zero attached hydrogens (tertiary/aromatic N) is 3. The molecule has 23 heavy (non-hydrogen) atoms. The number of methoxy groups -OCH3 is 1. The van der Waals surface area contributed by atoms with Crippen molar-refractivity contribution in [2.75, 3.05) is 7.11 Å². The molecule has 0 unspecified atom stereocenters. The van der Waals surface area contributed by atoms with E-state index < -0.39 is 0 Å². The number of hydrogen-bond donors (Lipinski definition) is 1. The van der Waals surface area contributed by atoms with Gasteiger partial charge in [-0.15, -0.1) is 16.4 Å². The summed E-state index contributed by atoms with van der Waals surface area (Å²) in [4.78, 5) is 13.3. The summed E-state index contributed by atoms with van der Waals surface area (Å²) in [5.41, 5.74) is 2.14. The number of nitrogens with one attached hydrogen (secondary N) is 1. The van der Waals surface area contributed by atoms with Crippen molar-refractivity contribution in [3.05, 3.63) is 57.8 Å². The quantitative estimate of drug-likeness (QED) is 0.576. The van der Waals surface area contributed by atoms with E-state index in [4.69, 9.17) is 0 Å². The lowest BCUT2D eigenvalue weighted by Gasteiger charge is -2.00. The number of thiophene rings is 1. The highest BCUT2D eigenvalue weighted by atomic mass is 32.1. The van der Waals surface area contributed by atoms with Crippen molar-refractivity contribution in [2.45, 2.75) is 6.42 Å². The first kappa shape index (κ1) is 15.1. The number of aromatic nitrogens is 4. The Kier molecular flexibility index (Phi) is 4.58. The number of tetrazole rings is 1. The van der Waals surface area contributed by atoms with Crippen LogP contribution in [-0.4, -0.2) is 33.7 Å². The van der Waals surface area contributed by atoms with Gasteiger partial charge in [0.1, 0.15) is 0 Å². The van der Waals surface area contributed by atoms with Crippen molar-refractivity contribution in [3.8, 4) is 11.4 Å². The first-order valence-electron chi connectivity index (χ1n) is 6.93. The molecule has 2 aromatic heterocycles. The Morgan fingerprint density at radius 2 is 2.17 bits per heavy atom. The van der Waals surface area contributed by atoms with Gasteiger partial charge in [0, 0.05) is 27.8 Å². The van der Waals surface area contributed by atoms with Crippen LogP contribution in [0.4, 0.5) is 0 Å². The third-order valence-electron chi connectivity index (χ3n) is 3.22. The fraction of sp³-hybridized carbons (Fsp3) is 0.125. The Balaban J connectivity index is 1.94. The standard InChI is InChI=1S/C16H14N4O2S/c1-22-15(21)8-7-12-10-13(16-17-19-20-18-16)14(23-12)9-11-5-3-2-4-6-11/h2-8,10H,9H2,1H3,(H,17,18,19,20)/b8-7-. The van der Waals surface area contributed by atoms with E-state index in [1.807, 2.05) is 24.3 Å². The molecule has 116 valence electrons. The average molecular weight is 326 g/mol. The molecule has 7 heteroatoms. The van der Waals surface area contributed by atoms with Crippen molar-refractivity contribution in [3.63, 3.8) is 0 Å². The van der Waals surface area contributed by atoms with Crippen LogP contribution < -0.4 is 0 Å². The molecule has 0 saturated carbocycles. The monoisotopic (exact) mass is 326 g/mol. The fourth-order valence-electron chi connectivity index (χ4n) is 2.14. The van der Waals surface area contributed by atoms with Gasteiger partial charge in [-0.1, -0.05) is 30.3 Å². The molecule has 0 atom stereocenters. The maximum absolute atomic E-state index is 11.3. The lowest BCUT2D eigenvalue weighted by molar-refractivity contribution is -0.134. The minimum atomic E-state index is -0.383. The third kappa shape index (κ3) is 3.70. The Bertz CT molecular complexity index is 810. The van der Waals surface area contributed by atoms with E-state index in [-0.39, 0.29) is 5.97 Å². The van der Waals surface area contributed by atoms with Crippen LogP contribution in [0.5, 0.6) is 0 Å². The first-order valence-corrected chi connectivity index (χ1v) is 7.74. The predicted molar refractivity (Wildman–Crippen MR) is 87.8 cm³/mol. The SMILES string of the molecule is COC(=O)/C=C\c1cc(-c2nnn[nH]2)c(Cc2ccccc2)s1. The van der Waals surface area contributed by atoms with E-state index in [2.05, 4.69) is 37.5 Å². The summed E-state index contributed by atoms with van der Waals surface area (Å²) in [6.07, 6.45) is 3.91. The van der Waals surface area contributed by atoms with Crippen molar-refractivity contribution in [1.82, 2.24) is 20.6 Å². The smallest absolute Gasteiger partial charge is 0.330 e. The number of carbonyl (C=O) groups excluding carboxylic acids is 1. The molecule has 0 fully saturated rings. The molecule has 2 heterocycles. The Labute approximate surface area is 136 Å². The highest BCUT2D eigenvalue weighted by Crippen LogP contribution is 2.32. The van der Waals surface area contributed by atoms with E-state index in [1.54, 1.807) is 17.4 Å². The van der Waals surface area contributed by atoms with Crippen LogP contribution in [0.2, 0.25) is 0 Å². The van der Waals surface area contributed by atoms with Crippen LogP contribution in [0.15, 0.2) is 42.5 Å². The molecule has 1 aromatic carbocycles. The molecule has 0 aliphatic carbocycles. The number of carbonyl (C=O) groups is 1. The Morgan fingerprint density at radius 3 is 2.87 bits per heavy atom. The lowest BCUT2D eigenvalue weighted by atomic mass is 10.1. The van der Waals surface area contributed by atoms with Gasteiger partial charge in [0.25, 0.3) is 0 Å². The van der Waals surface area contributed by atoms with Crippen LogP contribution in [0.3, 0.4) is 0 Å². The summed E-state index contributed by atoms with van der Waals surface area (Å²) >= 11 is 1.59. The second kappa shape index (κ2) is 6.97. The minimum Gasteiger partial charge on any atom is -0.466 e. The van der Waals surface area contributed by atoms with Gasteiger partial charge in [0.2, 0.25) is 0 Å². The Hall–Kier alpha value is -2.80. The van der Waals surface area contributed by atoms with Gasteiger partial charge >= 0.3 is 5.97 Å². The van der Waals surface area contributed by atoms with Gasteiger partial charge in [-0.3, -0.25) is 0 Å². The summed E-state index contributed by atoms with van der Waals surface area (Å²) in [7, 11) is 1.35. The van der Waals surface area contributed by atoms with Gasteiger partial charge in [-0.25, -0.2) is 9.89 Å². The highest BCUT2D eigenvalue weighted by molar-refractivity contribution is 7.13. The highest BCUT2D eigenvalue weighted by Gasteiger charge is 2.13.